The van der Waals surface area contributed by atoms with E-state index < -0.39 is 11.9 Å². The zero-order valence-electron chi connectivity index (χ0n) is 10.6. The number of halogens is 1. The monoisotopic (exact) mass is 263 g/mol. The van der Waals surface area contributed by atoms with E-state index in [2.05, 4.69) is 10.4 Å². The number of carbonyl (C=O) groups is 1. The Kier molecular flexibility index (Phi) is 3.79. The number of nitrogens with zero attached hydrogens (tertiary/aromatic N) is 2. The first kappa shape index (κ1) is 13.1. The van der Waals surface area contributed by atoms with Gasteiger partial charge in [-0.05, 0) is 19.1 Å². The summed E-state index contributed by atoms with van der Waals surface area (Å²) in [5.41, 5.74) is 0. The maximum Gasteiger partial charge on any atom is 0.266 e. The number of anilines is 1. The Bertz CT molecular complexity index is 583. The lowest BCUT2D eigenvalue weighted by molar-refractivity contribution is -0.122. The molecule has 19 heavy (non-hydrogen) atoms. The van der Waals surface area contributed by atoms with Crippen molar-refractivity contribution in [1.29, 1.82) is 0 Å². The van der Waals surface area contributed by atoms with Gasteiger partial charge >= 0.3 is 0 Å². The lowest BCUT2D eigenvalue weighted by atomic mass is 10.3. The predicted octanol–water partition coefficient (Wildman–Crippen LogP) is 1.97. The molecule has 1 N–H and O–H groups in total. The molecule has 2 aromatic rings. The zero-order chi connectivity index (χ0) is 13.8. The number of aromatic nitrogens is 2. The molecule has 0 saturated carbocycles. The smallest absolute Gasteiger partial charge is 0.266 e. The molecule has 1 aromatic heterocycles. The Morgan fingerprint density at radius 1 is 1.47 bits per heavy atom. The second-order valence-electron chi connectivity index (χ2n) is 4.08. The highest BCUT2D eigenvalue weighted by molar-refractivity contribution is 5.93. The van der Waals surface area contributed by atoms with E-state index in [1.807, 2.05) is 0 Å². The topological polar surface area (TPSA) is 56.1 Å². The first-order valence-electron chi connectivity index (χ1n) is 5.77. The van der Waals surface area contributed by atoms with Crippen molar-refractivity contribution in [3.8, 4) is 5.75 Å². The number of aryl methyl sites for hydroxylation is 1. The van der Waals surface area contributed by atoms with E-state index in [0.717, 1.165) is 0 Å². The highest BCUT2D eigenvalue weighted by Crippen LogP contribution is 2.14. The maximum absolute atomic E-state index is 13.0. The van der Waals surface area contributed by atoms with Gasteiger partial charge in [0, 0.05) is 25.4 Å². The average Bonchev–Trinajstić information content (AvgIpc) is 2.74. The van der Waals surface area contributed by atoms with Gasteiger partial charge in [0.15, 0.2) is 11.9 Å². The molecule has 1 heterocycles. The minimum absolute atomic E-state index is 0.309. The summed E-state index contributed by atoms with van der Waals surface area (Å²) >= 11 is 0. The molecule has 6 heteroatoms. The summed E-state index contributed by atoms with van der Waals surface area (Å²) in [6.07, 6.45) is 0.970. The van der Waals surface area contributed by atoms with Crippen molar-refractivity contribution < 1.29 is 13.9 Å². The second-order valence-corrected chi connectivity index (χ2v) is 4.08. The van der Waals surface area contributed by atoms with Crippen LogP contribution in [0.15, 0.2) is 36.5 Å². The van der Waals surface area contributed by atoms with Gasteiger partial charge < -0.3 is 10.1 Å². The molecule has 0 aliphatic carbocycles. The molecule has 1 amide bonds. The molecule has 2 rings (SSSR count). The molecule has 0 bridgehead atoms. The van der Waals surface area contributed by atoms with Crippen LogP contribution >= 0.6 is 0 Å². The van der Waals surface area contributed by atoms with E-state index in [-0.39, 0.29) is 5.91 Å². The molecule has 1 atom stereocenters. The predicted molar refractivity (Wildman–Crippen MR) is 68.3 cm³/mol. The van der Waals surface area contributed by atoms with Crippen LogP contribution in [0.3, 0.4) is 0 Å². The number of rotatable bonds is 4. The normalized spacial score (nSPS) is 11.9. The van der Waals surface area contributed by atoms with E-state index in [1.165, 1.54) is 18.2 Å². The van der Waals surface area contributed by atoms with Gasteiger partial charge in [0.05, 0.1) is 0 Å². The molecular formula is C13H14FN3O2. The van der Waals surface area contributed by atoms with Gasteiger partial charge in [-0.15, -0.1) is 0 Å². The number of carbonyl (C=O) groups excluding carboxylic acids is 1. The summed E-state index contributed by atoms with van der Waals surface area (Å²) in [7, 11) is 1.75. The third-order valence-corrected chi connectivity index (χ3v) is 2.44. The largest absolute Gasteiger partial charge is 0.481 e. The average molecular weight is 263 g/mol. The number of hydrogen-bond donors (Lipinski definition) is 1. The first-order valence-corrected chi connectivity index (χ1v) is 5.77. The van der Waals surface area contributed by atoms with E-state index in [1.54, 1.807) is 37.0 Å². The molecular weight excluding hydrogens is 249 g/mol. The van der Waals surface area contributed by atoms with E-state index in [9.17, 15) is 9.18 Å². The lowest BCUT2D eigenvalue weighted by Gasteiger charge is -2.13. The minimum atomic E-state index is -0.746. The highest BCUT2D eigenvalue weighted by atomic mass is 19.1. The Hall–Kier alpha value is -2.37. The quantitative estimate of drug-likeness (QED) is 0.917. The van der Waals surface area contributed by atoms with Crippen LogP contribution in [-0.4, -0.2) is 21.8 Å². The fourth-order valence-electron chi connectivity index (χ4n) is 1.51. The van der Waals surface area contributed by atoms with Crippen molar-refractivity contribution >= 4 is 11.7 Å². The third kappa shape index (κ3) is 3.54. The molecule has 100 valence electrons. The van der Waals surface area contributed by atoms with Gasteiger partial charge in [-0.25, -0.2) is 4.39 Å². The lowest BCUT2D eigenvalue weighted by Crippen LogP contribution is -2.30. The van der Waals surface area contributed by atoms with Gasteiger partial charge in [0.1, 0.15) is 11.6 Å². The van der Waals surface area contributed by atoms with Crippen molar-refractivity contribution in [2.75, 3.05) is 5.32 Å². The molecule has 0 fully saturated rings. The van der Waals surface area contributed by atoms with Crippen molar-refractivity contribution in [3.63, 3.8) is 0 Å². The van der Waals surface area contributed by atoms with Crippen molar-refractivity contribution in [1.82, 2.24) is 9.78 Å². The minimum Gasteiger partial charge on any atom is -0.481 e. The van der Waals surface area contributed by atoms with Crippen LogP contribution in [0.2, 0.25) is 0 Å². The summed E-state index contributed by atoms with van der Waals surface area (Å²) in [5.74, 6) is 0.00339. The molecule has 1 aromatic carbocycles. The van der Waals surface area contributed by atoms with E-state index in [4.69, 9.17) is 4.74 Å². The van der Waals surface area contributed by atoms with Crippen molar-refractivity contribution in [3.05, 3.63) is 42.3 Å². The third-order valence-electron chi connectivity index (χ3n) is 2.44. The zero-order valence-corrected chi connectivity index (χ0v) is 10.6. The molecule has 5 nitrogen and oxygen atoms in total. The molecule has 0 saturated heterocycles. The maximum atomic E-state index is 13.0. The Morgan fingerprint density at radius 3 is 2.89 bits per heavy atom. The summed E-state index contributed by atoms with van der Waals surface area (Å²) in [6.45, 7) is 1.59. The number of nitrogens with one attached hydrogen (secondary N) is 1. The molecule has 0 radical (unpaired) electrons. The summed E-state index contributed by atoms with van der Waals surface area (Å²) < 4.78 is 19.9. The van der Waals surface area contributed by atoms with Gasteiger partial charge in [-0.2, -0.15) is 5.10 Å². The number of ether oxygens (including phenoxy) is 1. The molecule has 0 aliphatic rings. The number of benzene rings is 1. The van der Waals surface area contributed by atoms with E-state index >= 15 is 0 Å². The van der Waals surface area contributed by atoms with Crippen LogP contribution in [0, 0.1) is 5.82 Å². The van der Waals surface area contributed by atoms with Gasteiger partial charge in [0.25, 0.3) is 5.91 Å². The Morgan fingerprint density at radius 2 is 2.26 bits per heavy atom. The van der Waals surface area contributed by atoms with Crippen LogP contribution in [0.1, 0.15) is 6.92 Å². The number of hydrogen-bond acceptors (Lipinski definition) is 3. The second kappa shape index (κ2) is 5.51. The number of amides is 1. The van der Waals surface area contributed by atoms with Crippen LogP contribution in [0.5, 0.6) is 5.75 Å². The summed E-state index contributed by atoms with van der Waals surface area (Å²) in [4.78, 5) is 11.8. The van der Waals surface area contributed by atoms with Gasteiger partial charge in [-0.3, -0.25) is 9.48 Å². The SMILES string of the molecule is C[C@@H](Oc1cccc(F)c1)C(=O)Nc1ccn(C)n1. The van der Waals surface area contributed by atoms with Crippen molar-refractivity contribution in [2.45, 2.75) is 13.0 Å². The fraction of sp³-hybridized carbons (Fsp3) is 0.231. The summed E-state index contributed by atoms with van der Waals surface area (Å²) in [5, 5.41) is 6.63. The molecule has 0 spiro atoms. The highest BCUT2D eigenvalue weighted by Gasteiger charge is 2.15. The van der Waals surface area contributed by atoms with Gasteiger partial charge in [0.2, 0.25) is 0 Å². The van der Waals surface area contributed by atoms with E-state index in [0.29, 0.717) is 11.6 Å². The standard InChI is InChI=1S/C13H14FN3O2/c1-9(19-11-5-3-4-10(14)8-11)13(18)15-12-6-7-17(2)16-12/h3-9H,1-2H3,(H,15,16,18)/t9-/m1/s1. The summed E-state index contributed by atoms with van der Waals surface area (Å²) in [6, 6.07) is 7.32. The van der Waals surface area contributed by atoms with Crippen LogP contribution in [0.4, 0.5) is 10.2 Å². The van der Waals surface area contributed by atoms with Gasteiger partial charge in [-0.1, -0.05) is 6.07 Å². The van der Waals surface area contributed by atoms with Crippen molar-refractivity contribution in [2.24, 2.45) is 7.05 Å². The van der Waals surface area contributed by atoms with Crippen LogP contribution in [0.25, 0.3) is 0 Å². The van der Waals surface area contributed by atoms with Crippen LogP contribution in [-0.2, 0) is 11.8 Å². The molecule has 0 unspecified atom stereocenters. The fourth-order valence-corrected chi connectivity index (χ4v) is 1.51. The van der Waals surface area contributed by atoms with Crippen LogP contribution < -0.4 is 10.1 Å². The molecule has 0 aliphatic heterocycles. The Balaban J connectivity index is 1.96. The Labute approximate surface area is 110 Å². The first-order chi connectivity index (χ1) is 9.04.